The highest BCUT2D eigenvalue weighted by molar-refractivity contribution is 5.89. The third kappa shape index (κ3) is 2.40. The average molecular weight is 260 g/mol. The first-order chi connectivity index (χ1) is 8.71. The van der Waals surface area contributed by atoms with Gasteiger partial charge in [-0.1, -0.05) is 26.8 Å². The number of aromatic nitrogens is 2. The quantitative estimate of drug-likeness (QED) is 0.902. The molecule has 1 aromatic carbocycles. The molecule has 102 valence electrons. The molecule has 1 heterocycles. The lowest BCUT2D eigenvalue weighted by atomic mass is 9.85. The molecule has 0 amide bonds. The molecule has 0 fully saturated rings. The molecule has 0 aliphatic rings. The van der Waals surface area contributed by atoms with E-state index in [1.54, 1.807) is 12.1 Å². The molecule has 0 saturated heterocycles. The smallest absolute Gasteiger partial charge is 0.171 e. The predicted molar refractivity (Wildman–Crippen MR) is 74.9 cm³/mol. The number of nitrogens with zero attached hydrogens (tertiary/aromatic N) is 2. The number of benzene rings is 1. The van der Waals surface area contributed by atoms with E-state index in [0.717, 1.165) is 16.9 Å². The summed E-state index contributed by atoms with van der Waals surface area (Å²) in [5.74, 6) is 0.725. The van der Waals surface area contributed by atoms with Crippen molar-refractivity contribution < 1.29 is 9.90 Å². The van der Waals surface area contributed by atoms with Gasteiger partial charge in [0.25, 0.3) is 0 Å². The average Bonchev–Trinajstić information content (AvgIpc) is 2.61. The number of hydrogen-bond donors (Lipinski definition) is 1. The number of Topliss-reactive ketones (excluding diaryl/α,β-unsaturated/α-hetero) is 1. The fourth-order valence-corrected chi connectivity index (χ4v) is 2.07. The number of rotatable bonds is 2. The molecule has 1 aromatic heterocycles. The molecule has 2 rings (SSSR count). The number of imidazole rings is 1. The molecular weight excluding hydrogens is 240 g/mol. The Bertz CT molecular complexity index is 635. The number of fused-ring (bicyclic) bond motifs is 1. The highest BCUT2D eigenvalue weighted by atomic mass is 16.3. The Morgan fingerprint density at radius 3 is 2.58 bits per heavy atom. The van der Waals surface area contributed by atoms with Crippen LogP contribution in [-0.4, -0.2) is 20.4 Å². The fourth-order valence-electron chi connectivity index (χ4n) is 2.07. The van der Waals surface area contributed by atoms with Crippen LogP contribution >= 0.6 is 0 Å². The van der Waals surface area contributed by atoms with Crippen LogP contribution in [0.4, 0.5) is 0 Å². The Morgan fingerprint density at radius 1 is 1.37 bits per heavy atom. The van der Waals surface area contributed by atoms with Gasteiger partial charge in [0.05, 0.1) is 11.0 Å². The second-order valence-electron chi connectivity index (χ2n) is 5.98. The summed E-state index contributed by atoms with van der Waals surface area (Å²) < 4.78 is 1.98. The number of aliphatic hydroxyl groups excluding tert-OH is 1. The number of hydrogen-bond acceptors (Lipinski definition) is 3. The molecular formula is C15H20N2O2. The van der Waals surface area contributed by atoms with E-state index in [1.165, 1.54) is 0 Å². The van der Waals surface area contributed by atoms with E-state index in [4.69, 9.17) is 0 Å². The predicted octanol–water partition coefficient (Wildman–Crippen LogP) is 2.53. The van der Waals surface area contributed by atoms with E-state index < -0.39 is 11.5 Å². The van der Waals surface area contributed by atoms with E-state index in [0.29, 0.717) is 5.56 Å². The molecule has 0 spiro atoms. The van der Waals surface area contributed by atoms with Crippen molar-refractivity contribution in [3.63, 3.8) is 0 Å². The van der Waals surface area contributed by atoms with Crippen molar-refractivity contribution in [3.8, 4) is 0 Å². The van der Waals surface area contributed by atoms with Crippen molar-refractivity contribution in [1.29, 1.82) is 0 Å². The van der Waals surface area contributed by atoms with Gasteiger partial charge >= 0.3 is 0 Å². The standard InChI is InChI=1S/C15H20N2O2/c1-9-16-11-8-10(6-7-12(11)17(9)5)13(18)14(19)15(2,3)4/h6-8,13,18H,1-5H3. The summed E-state index contributed by atoms with van der Waals surface area (Å²) in [7, 11) is 1.95. The summed E-state index contributed by atoms with van der Waals surface area (Å²) in [6.45, 7) is 7.35. The summed E-state index contributed by atoms with van der Waals surface area (Å²) >= 11 is 0. The monoisotopic (exact) mass is 260 g/mol. The van der Waals surface area contributed by atoms with Crippen LogP contribution in [0.15, 0.2) is 18.2 Å². The number of ketones is 1. The molecule has 4 heteroatoms. The van der Waals surface area contributed by atoms with Crippen molar-refractivity contribution in [1.82, 2.24) is 9.55 Å². The lowest BCUT2D eigenvalue weighted by Crippen LogP contribution is -2.26. The molecule has 1 N–H and O–H groups in total. The SMILES string of the molecule is Cc1nc2cc(C(O)C(=O)C(C)(C)C)ccc2n1C. The van der Waals surface area contributed by atoms with Gasteiger partial charge in [0, 0.05) is 12.5 Å². The molecule has 1 atom stereocenters. The number of aryl methyl sites for hydroxylation is 2. The van der Waals surface area contributed by atoms with Crippen LogP contribution in [0, 0.1) is 12.3 Å². The molecule has 0 bridgehead atoms. The van der Waals surface area contributed by atoms with Gasteiger partial charge in [-0.25, -0.2) is 4.98 Å². The number of carbonyl (C=O) groups is 1. The third-order valence-electron chi connectivity index (χ3n) is 3.43. The van der Waals surface area contributed by atoms with Crippen LogP contribution in [0.3, 0.4) is 0 Å². The summed E-state index contributed by atoms with van der Waals surface area (Å²) in [6, 6.07) is 5.47. The largest absolute Gasteiger partial charge is 0.381 e. The lowest BCUT2D eigenvalue weighted by molar-refractivity contribution is -0.135. The van der Waals surface area contributed by atoms with E-state index >= 15 is 0 Å². The summed E-state index contributed by atoms with van der Waals surface area (Å²) in [5.41, 5.74) is 1.84. The summed E-state index contributed by atoms with van der Waals surface area (Å²) in [6.07, 6.45) is -1.09. The van der Waals surface area contributed by atoms with Crippen LogP contribution < -0.4 is 0 Å². The molecule has 4 nitrogen and oxygen atoms in total. The second-order valence-corrected chi connectivity index (χ2v) is 5.98. The third-order valence-corrected chi connectivity index (χ3v) is 3.43. The summed E-state index contributed by atoms with van der Waals surface area (Å²) in [4.78, 5) is 16.5. The Morgan fingerprint density at radius 2 is 2.00 bits per heavy atom. The van der Waals surface area contributed by atoms with Crippen molar-refractivity contribution in [2.24, 2.45) is 12.5 Å². The maximum atomic E-state index is 12.1. The molecule has 0 aliphatic carbocycles. The fraction of sp³-hybridized carbons (Fsp3) is 0.467. The van der Waals surface area contributed by atoms with Gasteiger partial charge in [-0.15, -0.1) is 0 Å². The van der Waals surface area contributed by atoms with Crippen LogP contribution in [0.1, 0.15) is 38.3 Å². The molecule has 2 aromatic rings. The van der Waals surface area contributed by atoms with E-state index in [-0.39, 0.29) is 5.78 Å². The maximum absolute atomic E-state index is 12.1. The Kier molecular flexibility index (Phi) is 3.22. The minimum Gasteiger partial charge on any atom is -0.381 e. The minimum absolute atomic E-state index is 0.181. The van der Waals surface area contributed by atoms with E-state index in [2.05, 4.69) is 4.98 Å². The van der Waals surface area contributed by atoms with Crippen molar-refractivity contribution in [3.05, 3.63) is 29.6 Å². The van der Waals surface area contributed by atoms with Crippen LogP contribution in [0.5, 0.6) is 0 Å². The minimum atomic E-state index is -1.09. The van der Waals surface area contributed by atoms with Gasteiger partial charge in [0.15, 0.2) is 5.78 Å². The topological polar surface area (TPSA) is 55.1 Å². The van der Waals surface area contributed by atoms with Crippen molar-refractivity contribution in [2.75, 3.05) is 0 Å². The van der Waals surface area contributed by atoms with Gasteiger partial charge in [0.2, 0.25) is 0 Å². The first kappa shape index (κ1) is 13.7. The molecule has 19 heavy (non-hydrogen) atoms. The highest BCUT2D eigenvalue weighted by Gasteiger charge is 2.29. The van der Waals surface area contributed by atoms with Crippen LogP contribution in [0.25, 0.3) is 11.0 Å². The van der Waals surface area contributed by atoms with Crippen molar-refractivity contribution in [2.45, 2.75) is 33.8 Å². The molecule has 0 aliphatic heterocycles. The zero-order valence-corrected chi connectivity index (χ0v) is 12.1. The van der Waals surface area contributed by atoms with E-state index in [9.17, 15) is 9.90 Å². The van der Waals surface area contributed by atoms with Crippen LogP contribution in [-0.2, 0) is 11.8 Å². The van der Waals surface area contributed by atoms with Crippen LogP contribution in [0.2, 0.25) is 0 Å². The van der Waals surface area contributed by atoms with Gasteiger partial charge in [-0.2, -0.15) is 0 Å². The molecule has 1 unspecified atom stereocenters. The van der Waals surface area contributed by atoms with Gasteiger partial charge in [-0.05, 0) is 24.6 Å². The van der Waals surface area contributed by atoms with Crippen molar-refractivity contribution >= 4 is 16.8 Å². The Hall–Kier alpha value is -1.68. The van der Waals surface area contributed by atoms with Gasteiger partial charge in [0.1, 0.15) is 11.9 Å². The zero-order valence-electron chi connectivity index (χ0n) is 12.1. The summed E-state index contributed by atoms with van der Waals surface area (Å²) in [5, 5.41) is 10.2. The number of carbonyl (C=O) groups excluding carboxylic acids is 1. The van der Waals surface area contributed by atoms with E-state index in [1.807, 2.05) is 45.4 Å². The zero-order chi connectivity index (χ0) is 14.4. The highest BCUT2D eigenvalue weighted by Crippen LogP contribution is 2.27. The first-order valence-corrected chi connectivity index (χ1v) is 6.37. The maximum Gasteiger partial charge on any atom is 0.171 e. The number of aliphatic hydroxyl groups is 1. The second kappa shape index (κ2) is 4.46. The normalized spacial score (nSPS) is 13.8. The molecule has 0 saturated carbocycles. The Labute approximate surface area is 113 Å². The van der Waals surface area contributed by atoms with Gasteiger partial charge in [-0.3, -0.25) is 4.79 Å². The van der Waals surface area contributed by atoms with Gasteiger partial charge < -0.3 is 9.67 Å². The lowest BCUT2D eigenvalue weighted by Gasteiger charge is -2.21. The Balaban J connectivity index is 2.44. The first-order valence-electron chi connectivity index (χ1n) is 6.37. The molecule has 0 radical (unpaired) electrons.